The molecule has 1 amide bonds. The summed E-state index contributed by atoms with van der Waals surface area (Å²) in [4.78, 5) is 18.2. The molecule has 0 aliphatic carbocycles. The highest BCUT2D eigenvalue weighted by molar-refractivity contribution is 9.10. The Balaban J connectivity index is 1.67. The molecule has 160 valence electrons. The number of carbonyl (C=O) groups is 1. The number of hydrogen-bond donors (Lipinski definition) is 1. The van der Waals surface area contributed by atoms with Crippen molar-refractivity contribution in [1.82, 2.24) is 10.3 Å². The first-order valence-corrected chi connectivity index (χ1v) is 12.4. The van der Waals surface area contributed by atoms with E-state index in [1.54, 1.807) is 16.8 Å². The summed E-state index contributed by atoms with van der Waals surface area (Å²) < 4.78 is 12.7. The summed E-state index contributed by atoms with van der Waals surface area (Å²) in [6.07, 6.45) is 1.60. The van der Waals surface area contributed by atoms with Crippen LogP contribution in [-0.4, -0.2) is 28.6 Å². The SMILES string of the molecule is CCCCSC1=NN2C(=c3cc(Br)ccc3=N[C@@H]2c2cc3c(cc2Br)OCO3)C(=O)N1. The molecule has 2 aromatic carbocycles. The zero-order valence-electron chi connectivity index (χ0n) is 16.5. The first-order chi connectivity index (χ1) is 15.0. The van der Waals surface area contributed by atoms with E-state index in [4.69, 9.17) is 19.6 Å². The van der Waals surface area contributed by atoms with Crippen LogP contribution < -0.4 is 25.4 Å². The maximum Gasteiger partial charge on any atom is 0.276 e. The van der Waals surface area contributed by atoms with Gasteiger partial charge in [0.05, 0.1) is 5.36 Å². The monoisotopic (exact) mass is 564 g/mol. The average molecular weight is 566 g/mol. The standard InChI is InChI=1S/C21H18Br2N4O3S/c1-2-3-6-31-21-25-20(28)18-13-7-11(22)4-5-15(13)24-19(27(18)26-21)12-8-16-17(9-14(12)23)30-10-29-16/h4-5,7-9,19H,2-3,6,10H2,1H3,(H,25,26,28)/t19-/m0/s1. The number of nitrogens with one attached hydrogen (secondary N) is 1. The number of hydrogen-bond acceptors (Lipinski definition) is 7. The third-order valence-electron chi connectivity index (χ3n) is 5.08. The molecule has 0 unspecified atom stereocenters. The highest BCUT2D eigenvalue weighted by atomic mass is 79.9. The van der Waals surface area contributed by atoms with Crippen LogP contribution in [0.5, 0.6) is 11.5 Å². The molecule has 7 nitrogen and oxygen atoms in total. The maximum absolute atomic E-state index is 13.2. The van der Waals surface area contributed by atoms with Gasteiger partial charge in [0.15, 0.2) is 22.8 Å². The molecule has 1 atom stereocenters. The van der Waals surface area contributed by atoms with Crippen LogP contribution in [0.3, 0.4) is 0 Å². The van der Waals surface area contributed by atoms with Crippen LogP contribution in [-0.2, 0) is 4.79 Å². The number of ether oxygens (including phenoxy) is 2. The van der Waals surface area contributed by atoms with Crippen LogP contribution in [0, 0.1) is 0 Å². The quantitative estimate of drug-likeness (QED) is 0.573. The van der Waals surface area contributed by atoms with E-state index < -0.39 is 6.17 Å². The van der Waals surface area contributed by atoms with E-state index in [1.165, 1.54) is 0 Å². The van der Waals surface area contributed by atoms with Gasteiger partial charge in [-0.05, 0) is 36.8 Å². The summed E-state index contributed by atoms with van der Waals surface area (Å²) in [6.45, 7) is 2.32. The van der Waals surface area contributed by atoms with Crippen molar-refractivity contribution < 1.29 is 14.3 Å². The summed E-state index contributed by atoms with van der Waals surface area (Å²) in [7, 11) is 0. The van der Waals surface area contributed by atoms with Crippen molar-refractivity contribution in [2.24, 2.45) is 10.1 Å². The predicted molar refractivity (Wildman–Crippen MR) is 126 cm³/mol. The number of hydrazone groups is 1. The Morgan fingerprint density at radius 1 is 1.23 bits per heavy atom. The Hall–Kier alpha value is -2.04. The Kier molecular flexibility index (Phi) is 5.70. The molecule has 0 radical (unpaired) electrons. The largest absolute Gasteiger partial charge is 0.454 e. The van der Waals surface area contributed by atoms with Crippen LogP contribution in [0.1, 0.15) is 31.5 Å². The number of fused-ring (bicyclic) bond motifs is 3. The van der Waals surface area contributed by atoms with E-state index in [9.17, 15) is 4.79 Å². The summed E-state index contributed by atoms with van der Waals surface area (Å²) in [5.74, 6) is 2.02. The number of amidine groups is 1. The van der Waals surface area contributed by atoms with E-state index in [0.29, 0.717) is 22.4 Å². The van der Waals surface area contributed by atoms with Crippen LogP contribution in [0.2, 0.25) is 0 Å². The molecule has 5 rings (SSSR count). The summed E-state index contributed by atoms with van der Waals surface area (Å²) >= 11 is 8.69. The van der Waals surface area contributed by atoms with Gasteiger partial charge in [-0.3, -0.25) is 15.1 Å². The molecule has 0 saturated heterocycles. The van der Waals surface area contributed by atoms with Crippen LogP contribution in [0.15, 0.2) is 49.4 Å². The number of amides is 1. The van der Waals surface area contributed by atoms with Gasteiger partial charge in [0.25, 0.3) is 5.91 Å². The smallest absolute Gasteiger partial charge is 0.276 e. The zero-order valence-corrected chi connectivity index (χ0v) is 20.5. The van der Waals surface area contributed by atoms with E-state index in [0.717, 1.165) is 43.7 Å². The van der Waals surface area contributed by atoms with Crippen molar-refractivity contribution in [3.63, 3.8) is 0 Å². The van der Waals surface area contributed by atoms with Gasteiger partial charge >= 0.3 is 0 Å². The van der Waals surface area contributed by atoms with Crippen molar-refractivity contribution in [2.75, 3.05) is 12.5 Å². The van der Waals surface area contributed by atoms with Crippen LogP contribution >= 0.6 is 43.6 Å². The topological polar surface area (TPSA) is 75.5 Å². The molecular weight excluding hydrogens is 548 g/mol. The molecule has 31 heavy (non-hydrogen) atoms. The highest BCUT2D eigenvalue weighted by Gasteiger charge is 2.36. The van der Waals surface area contributed by atoms with Crippen molar-refractivity contribution in [1.29, 1.82) is 0 Å². The van der Waals surface area contributed by atoms with E-state index in [2.05, 4.69) is 44.1 Å². The lowest BCUT2D eigenvalue weighted by molar-refractivity contribution is -0.116. The fraction of sp³-hybridized carbons (Fsp3) is 0.286. The minimum Gasteiger partial charge on any atom is -0.454 e. The molecule has 3 aliphatic heterocycles. The normalized spacial score (nSPS) is 18.7. The van der Waals surface area contributed by atoms with Crippen LogP contribution in [0.4, 0.5) is 0 Å². The molecule has 3 aliphatic rings. The van der Waals surface area contributed by atoms with Gasteiger partial charge in [0, 0.05) is 25.5 Å². The lowest BCUT2D eigenvalue weighted by Gasteiger charge is -2.34. The van der Waals surface area contributed by atoms with Gasteiger partial charge in [-0.1, -0.05) is 57.0 Å². The number of halogens is 2. The van der Waals surface area contributed by atoms with E-state index >= 15 is 0 Å². The number of rotatable bonds is 4. The first kappa shape index (κ1) is 20.8. The Morgan fingerprint density at radius 3 is 2.84 bits per heavy atom. The van der Waals surface area contributed by atoms with Crippen molar-refractivity contribution in [3.8, 4) is 11.5 Å². The molecular formula is C21H18Br2N4O3S. The number of unbranched alkanes of at least 4 members (excludes halogenated alkanes) is 1. The van der Waals surface area contributed by atoms with E-state index in [1.807, 2.05) is 30.3 Å². The van der Waals surface area contributed by atoms with E-state index in [-0.39, 0.29) is 12.7 Å². The van der Waals surface area contributed by atoms with Gasteiger partial charge in [0.1, 0.15) is 5.70 Å². The van der Waals surface area contributed by atoms with Gasteiger partial charge in [-0.2, -0.15) is 0 Å². The van der Waals surface area contributed by atoms with Gasteiger partial charge in [-0.15, -0.1) is 5.10 Å². The summed E-state index contributed by atoms with van der Waals surface area (Å²) in [5, 5.41) is 11.5. The number of thioether (sulfide) groups is 1. The molecule has 0 fully saturated rings. The second kappa shape index (κ2) is 8.48. The van der Waals surface area contributed by atoms with Gasteiger partial charge < -0.3 is 9.47 Å². The number of nitrogens with zero attached hydrogens (tertiary/aromatic N) is 3. The fourth-order valence-corrected chi connectivity index (χ4v) is 5.39. The molecule has 0 saturated carbocycles. The van der Waals surface area contributed by atoms with Crippen molar-refractivity contribution in [3.05, 3.63) is 55.4 Å². The average Bonchev–Trinajstić information content (AvgIpc) is 3.20. The zero-order chi connectivity index (χ0) is 21.5. The lowest BCUT2D eigenvalue weighted by Crippen LogP contribution is -2.50. The van der Waals surface area contributed by atoms with Crippen molar-refractivity contribution in [2.45, 2.75) is 25.9 Å². The molecule has 1 N–H and O–H groups in total. The molecule has 0 spiro atoms. The lowest BCUT2D eigenvalue weighted by atomic mass is 10.1. The second-order valence-corrected chi connectivity index (χ2v) is 10.00. The predicted octanol–water partition coefficient (Wildman–Crippen LogP) is 3.62. The number of carbonyl (C=O) groups excluding carboxylic acids is 1. The van der Waals surface area contributed by atoms with Gasteiger partial charge in [0.2, 0.25) is 6.79 Å². The first-order valence-electron chi connectivity index (χ1n) is 9.84. The van der Waals surface area contributed by atoms with Crippen LogP contribution in [0.25, 0.3) is 5.70 Å². The second-order valence-electron chi connectivity index (χ2n) is 7.15. The Labute approximate surface area is 199 Å². The third-order valence-corrected chi connectivity index (χ3v) is 7.21. The summed E-state index contributed by atoms with van der Waals surface area (Å²) in [6, 6.07) is 9.49. The molecule has 10 heteroatoms. The van der Waals surface area contributed by atoms with Crippen molar-refractivity contribution >= 4 is 60.4 Å². The Morgan fingerprint density at radius 2 is 2.03 bits per heavy atom. The van der Waals surface area contributed by atoms with Gasteiger partial charge in [-0.25, -0.2) is 5.01 Å². The fourth-order valence-electron chi connectivity index (χ4n) is 3.56. The highest BCUT2D eigenvalue weighted by Crippen LogP contribution is 2.42. The number of benzene rings is 2. The minimum atomic E-state index is -0.527. The molecule has 0 aromatic heterocycles. The summed E-state index contributed by atoms with van der Waals surface area (Å²) in [5.41, 5.74) is 1.31. The third kappa shape index (κ3) is 3.85. The maximum atomic E-state index is 13.2. The molecule has 0 bridgehead atoms. The molecule has 3 heterocycles. The molecule has 2 aromatic rings. The Bertz CT molecular complexity index is 1230. The minimum absolute atomic E-state index is 0.184.